The summed E-state index contributed by atoms with van der Waals surface area (Å²) in [5, 5.41) is 0. The van der Waals surface area contributed by atoms with E-state index in [1.54, 1.807) is 6.92 Å². The van der Waals surface area contributed by atoms with Crippen LogP contribution < -0.4 is 5.73 Å². The zero-order valence-corrected chi connectivity index (χ0v) is 15.5. The van der Waals surface area contributed by atoms with Crippen molar-refractivity contribution >= 4 is 11.8 Å². The standard InChI is InChI=1S/C21H25NO4/c1-4-25-21(24)19-17(14-10-8-13(9-11-14)12(2)3)18-15(23)6-5-7-16(18)26-20(19)22/h8-12,17H,4-7,22H2,1-3H3/t17-/m0/s1. The lowest BCUT2D eigenvalue weighted by atomic mass is 9.77. The van der Waals surface area contributed by atoms with Gasteiger partial charge in [-0.3, -0.25) is 4.79 Å². The van der Waals surface area contributed by atoms with Gasteiger partial charge in [0.1, 0.15) is 11.3 Å². The first-order valence-electron chi connectivity index (χ1n) is 9.14. The highest BCUT2D eigenvalue weighted by molar-refractivity contribution is 6.03. The topological polar surface area (TPSA) is 78.6 Å². The molecule has 0 amide bonds. The van der Waals surface area contributed by atoms with E-state index in [4.69, 9.17) is 15.2 Å². The molecule has 1 aliphatic heterocycles. The van der Waals surface area contributed by atoms with Crippen LogP contribution >= 0.6 is 0 Å². The predicted octanol–water partition coefficient (Wildman–Crippen LogP) is 3.66. The van der Waals surface area contributed by atoms with E-state index in [0.717, 1.165) is 12.0 Å². The molecule has 0 bridgehead atoms. The van der Waals surface area contributed by atoms with Gasteiger partial charge >= 0.3 is 5.97 Å². The Morgan fingerprint density at radius 3 is 2.58 bits per heavy atom. The van der Waals surface area contributed by atoms with Crippen LogP contribution in [0.2, 0.25) is 0 Å². The Kier molecular flexibility index (Phi) is 5.16. The molecule has 26 heavy (non-hydrogen) atoms. The lowest BCUT2D eigenvalue weighted by molar-refractivity contribution is -0.139. The first kappa shape index (κ1) is 18.2. The molecule has 0 spiro atoms. The second-order valence-electron chi connectivity index (χ2n) is 6.97. The van der Waals surface area contributed by atoms with Gasteiger partial charge in [-0.15, -0.1) is 0 Å². The SMILES string of the molecule is CCOC(=O)C1=C(N)OC2=C(C(=O)CCC2)[C@@H]1c1ccc(C(C)C)cc1. The maximum Gasteiger partial charge on any atom is 0.340 e. The number of hydrogen-bond acceptors (Lipinski definition) is 5. The van der Waals surface area contributed by atoms with Crippen molar-refractivity contribution in [3.05, 3.63) is 58.2 Å². The van der Waals surface area contributed by atoms with Crippen molar-refractivity contribution in [2.24, 2.45) is 5.73 Å². The van der Waals surface area contributed by atoms with Crippen molar-refractivity contribution in [3.8, 4) is 0 Å². The molecule has 0 aromatic heterocycles. The van der Waals surface area contributed by atoms with E-state index in [9.17, 15) is 9.59 Å². The largest absolute Gasteiger partial charge is 0.462 e. The van der Waals surface area contributed by atoms with Gasteiger partial charge in [0.15, 0.2) is 5.78 Å². The highest BCUT2D eigenvalue weighted by Crippen LogP contribution is 2.44. The Morgan fingerprint density at radius 1 is 1.27 bits per heavy atom. The average Bonchev–Trinajstić information content (AvgIpc) is 2.61. The molecule has 0 fully saturated rings. The normalized spacial score (nSPS) is 20.2. The number of ketones is 1. The van der Waals surface area contributed by atoms with Crippen LogP contribution in [0.15, 0.2) is 47.1 Å². The molecule has 2 aliphatic rings. The summed E-state index contributed by atoms with van der Waals surface area (Å²) in [6.07, 6.45) is 1.84. The zero-order chi connectivity index (χ0) is 18.8. The number of rotatable bonds is 4. The van der Waals surface area contributed by atoms with E-state index >= 15 is 0 Å². The lowest BCUT2D eigenvalue weighted by Crippen LogP contribution is -2.31. The third-order valence-electron chi connectivity index (χ3n) is 4.92. The molecule has 3 rings (SSSR count). The maximum absolute atomic E-state index is 12.7. The van der Waals surface area contributed by atoms with E-state index in [2.05, 4.69) is 13.8 Å². The van der Waals surface area contributed by atoms with Crippen LogP contribution in [-0.2, 0) is 19.1 Å². The molecule has 1 aromatic rings. The van der Waals surface area contributed by atoms with E-state index < -0.39 is 11.9 Å². The second-order valence-corrected chi connectivity index (χ2v) is 6.97. The molecule has 138 valence electrons. The van der Waals surface area contributed by atoms with Gasteiger partial charge in [0.05, 0.1) is 12.5 Å². The number of Topliss-reactive ketones (excluding diaryl/α,β-unsaturated/α-hetero) is 1. The third-order valence-corrected chi connectivity index (χ3v) is 4.92. The molecule has 5 heteroatoms. The summed E-state index contributed by atoms with van der Waals surface area (Å²) in [6.45, 7) is 6.21. The number of carbonyl (C=O) groups excluding carboxylic acids is 2. The fourth-order valence-electron chi connectivity index (χ4n) is 3.57. The molecule has 1 atom stereocenters. The molecule has 1 aromatic carbocycles. The summed E-state index contributed by atoms with van der Waals surface area (Å²) >= 11 is 0. The molecule has 1 aliphatic carbocycles. The monoisotopic (exact) mass is 355 g/mol. The van der Waals surface area contributed by atoms with Crippen LogP contribution in [0.25, 0.3) is 0 Å². The first-order valence-corrected chi connectivity index (χ1v) is 9.14. The Labute approximate surface area is 153 Å². The van der Waals surface area contributed by atoms with Gasteiger partial charge in [-0.2, -0.15) is 0 Å². The van der Waals surface area contributed by atoms with Gasteiger partial charge in [-0.25, -0.2) is 4.79 Å². The number of ether oxygens (including phenoxy) is 2. The molecule has 1 heterocycles. The van der Waals surface area contributed by atoms with Gasteiger partial charge in [-0.1, -0.05) is 38.1 Å². The summed E-state index contributed by atoms with van der Waals surface area (Å²) in [5.74, 6) is -0.0345. The minimum absolute atomic E-state index is 0.0125. The first-order chi connectivity index (χ1) is 12.4. The van der Waals surface area contributed by atoms with Crippen molar-refractivity contribution in [3.63, 3.8) is 0 Å². The minimum Gasteiger partial charge on any atom is -0.462 e. The highest BCUT2D eigenvalue weighted by Gasteiger charge is 2.41. The summed E-state index contributed by atoms with van der Waals surface area (Å²) in [5.41, 5.74) is 8.89. The summed E-state index contributed by atoms with van der Waals surface area (Å²) in [4.78, 5) is 25.2. The number of hydrogen-bond donors (Lipinski definition) is 1. The van der Waals surface area contributed by atoms with Crippen LogP contribution in [0, 0.1) is 0 Å². The van der Waals surface area contributed by atoms with Gasteiger partial charge in [0.2, 0.25) is 5.88 Å². The van der Waals surface area contributed by atoms with Crippen molar-refractivity contribution in [1.82, 2.24) is 0 Å². The van der Waals surface area contributed by atoms with Gasteiger partial charge in [0, 0.05) is 18.4 Å². The van der Waals surface area contributed by atoms with Gasteiger partial charge < -0.3 is 15.2 Å². The minimum atomic E-state index is -0.535. The van der Waals surface area contributed by atoms with Crippen LogP contribution in [0.1, 0.15) is 63.0 Å². The smallest absolute Gasteiger partial charge is 0.340 e. The van der Waals surface area contributed by atoms with Crippen molar-refractivity contribution in [1.29, 1.82) is 0 Å². The third kappa shape index (κ3) is 3.26. The lowest BCUT2D eigenvalue weighted by Gasteiger charge is -2.32. The van der Waals surface area contributed by atoms with Crippen molar-refractivity contribution in [2.45, 2.75) is 51.9 Å². The zero-order valence-electron chi connectivity index (χ0n) is 15.5. The molecule has 5 nitrogen and oxygen atoms in total. The highest BCUT2D eigenvalue weighted by atomic mass is 16.5. The van der Waals surface area contributed by atoms with E-state index in [-0.39, 0.29) is 23.8 Å². The summed E-state index contributed by atoms with van der Waals surface area (Å²) in [6, 6.07) is 7.98. The molecule has 0 saturated heterocycles. The number of esters is 1. The van der Waals surface area contributed by atoms with Crippen molar-refractivity contribution < 1.29 is 19.1 Å². The Morgan fingerprint density at radius 2 is 1.96 bits per heavy atom. The Bertz CT molecular complexity index is 787. The number of carbonyl (C=O) groups is 2. The fourth-order valence-corrected chi connectivity index (χ4v) is 3.57. The fraction of sp³-hybridized carbons (Fsp3) is 0.429. The maximum atomic E-state index is 12.7. The Hall–Kier alpha value is -2.56. The van der Waals surface area contributed by atoms with E-state index in [1.807, 2.05) is 24.3 Å². The molecule has 0 unspecified atom stereocenters. The van der Waals surface area contributed by atoms with Gasteiger partial charge in [-0.05, 0) is 30.4 Å². The number of benzene rings is 1. The van der Waals surface area contributed by atoms with E-state index in [1.165, 1.54) is 5.56 Å². The number of allylic oxidation sites excluding steroid dienone is 2. The average molecular weight is 355 g/mol. The van der Waals surface area contributed by atoms with Crippen LogP contribution in [0.5, 0.6) is 0 Å². The predicted molar refractivity (Wildman–Crippen MR) is 98.1 cm³/mol. The summed E-state index contributed by atoms with van der Waals surface area (Å²) < 4.78 is 10.9. The summed E-state index contributed by atoms with van der Waals surface area (Å²) in [7, 11) is 0. The molecule has 0 radical (unpaired) electrons. The van der Waals surface area contributed by atoms with E-state index in [0.29, 0.717) is 30.1 Å². The Balaban J connectivity index is 2.12. The quantitative estimate of drug-likeness (QED) is 0.834. The van der Waals surface area contributed by atoms with Crippen molar-refractivity contribution in [2.75, 3.05) is 6.61 Å². The second kappa shape index (κ2) is 7.36. The molecule has 0 saturated carbocycles. The van der Waals surface area contributed by atoms with Crippen LogP contribution in [0.3, 0.4) is 0 Å². The molecular weight excluding hydrogens is 330 g/mol. The molecular formula is C21H25NO4. The van der Waals surface area contributed by atoms with Crippen LogP contribution in [0.4, 0.5) is 0 Å². The number of nitrogens with two attached hydrogens (primary N) is 1. The van der Waals surface area contributed by atoms with Gasteiger partial charge in [0.25, 0.3) is 0 Å². The molecule has 2 N–H and O–H groups in total. The van der Waals surface area contributed by atoms with Crippen LogP contribution in [-0.4, -0.2) is 18.4 Å².